The normalized spacial score (nSPS) is 13.0. The lowest BCUT2D eigenvalue weighted by molar-refractivity contribution is 0.419. The van der Waals surface area contributed by atoms with Gasteiger partial charge < -0.3 is 18.9 Å². The highest BCUT2D eigenvalue weighted by atomic mass is 16.5. The fourth-order valence-corrected chi connectivity index (χ4v) is 15.0. The number of aromatic nitrogens is 4. The maximum Gasteiger partial charge on any atom is 0.264 e. The van der Waals surface area contributed by atoms with E-state index in [1.165, 1.54) is 0 Å². The second-order valence-electron chi connectivity index (χ2n) is 21.1. The Bertz CT molecular complexity index is 5660. The number of methoxy groups -OCH3 is 4. The number of fused-ring (bicyclic) bond motifs is 12. The summed E-state index contributed by atoms with van der Waals surface area (Å²) >= 11 is 0. The lowest BCUT2D eigenvalue weighted by Crippen LogP contribution is -2.17. The molecule has 0 N–H and O–H groups in total. The lowest BCUT2D eigenvalue weighted by Gasteiger charge is -2.24. The Morgan fingerprint density at radius 3 is 0.936 bits per heavy atom. The molecule has 78 heavy (non-hydrogen) atoms. The molecule has 0 unspecified atom stereocenters. The van der Waals surface area contributed by atoms with E-state index < -0.39 is 0 Å². The van der Waals surface area contributed by atoms with Gasteiger partial charge in [-0.3, -0.25) is 18.4 Å². The van der Waals surface area contributed by atoms with Crippen LogP contribution in [0.4, 0.5) is 0 Å². The predicted molar refractivity (Wildman–Crippen MR) is 319 cm³/mol. The second kappa shape index (κ2) is 13.6. The highest BCUT2D eigenvalue weighted by molar-refractivity contribution is 6.49. The summed E-state index contributed by atoms with van der Waals surface area (Å²) in [4.78, 5) is 40.9. The van der Waals surface area contributed by atoms with Gasteiger partial charge >= 0.3 is 0 Å². The predicted octanol–water partition coefficient (Wildman–Crippen LogP) is 15.4. The third kappa shape index (κ3) is 4.41. The van der Waals surface area contributed by atoms with Gasteiger partial charge in [0.1, 0.15) is 34.3 Å². The molecule has 10 nitrogen and oxygen atoms in total. The third-order valence-electron chi connectivity index (χ3n) is 18.0. The maximum absolute atomic E-state index is 15.2. The van der Waals surface area contributed by atoms with E-state index in [1.807, 2.05) is 60.7 Å². The van der Waals surface area contributed by atoms with Crippen LogP contribution in [0, 0.1) is 0 Å². The molecule has 0 fully saturated rings. The maximum atomic E-state index is 15.2. The van der Waals surface area contributed by atoms with Crippen molar-refractivity contribution in [1.82, 2.24) is 18.8 Å². The van der Waals surface area contributed by atoms with Crippen LogP contribution >= 0.6 is 0 Å². The summed E-state index contributed by atoms with van der Waals surface area (Å²) in [5, 5.41) is 26.8. The highest BCUT2D eigenvalue weighted by Crippen LogP contribution is 2.56. The minimum atomic E-state index is -0.155. The molecule has 19 aromatic rings. The molecule has 0 aliphatic carbocycles. The van der Waals surface area contributed by atoms with E-state index in [9.17, 15) is 0 Å². The van der Waals surface area contributed by atoms with Gasteiger partial charge in [-0.25, -0.2) is 9.97 Å². The fraction of sp³-hybridized carbons (Fsp3) is 0.0588. The van der Waals surface area contributed by atoms with E-state index in [0.717, 1.165) is 162 Å². The number of pyridine rings is 2. The largest absolute Gasteiger partial charge is 0.496 e. The number of rotatable bonds is 4. The van der Waals surface area contributed by atoms with Crippen LogP contribution in [0.5, 0.6) is 23.0 Å². The van der Waals surface area contributed by atoms with Crippen LogP contribution in [0.15, 0.2) is 155 Å². The molecule has 0 aliphatic rings. The Hall–Kier alpha value is -10.3. The topological polar surface area (TPSA) is 106 Å². The van der Waals surface area contributed by atoms with Gasteiger partial charge in [-0.2, -0.15) is 0 Å². The van der Waals surface area contributed by atoms with Crippen LogP contribution in [0.3, 0.4) is 0 Å². The molecule has 0 bridgehead atoms. The van der Waals surface area contributed by atoms with E-state index in [0.29, 0.717) is 45.1 Å². The van der Waals surface area contributed by atoms with Gasteiger partial charge in [-0.15, -0.1) is 0 Å². The summed E-state index contributed by atoms with van der Waals surface area (Å²) in [5.41, 5.74) is 4.09. The molecule has 4 aromatic heterocycles. The zero-order chi connectivity index (χ0) is 51.5. The molecule has 0 aliphatic heterocycles. The number of hydrogen-bond acceptors (Lipinski definition) is 8. The van der Waals surface area contributed by atoms with Crippen molar-refractivity contribution in [1.29, 1.82) is 0 Å². The van der Waals surface area contributed by atoms with E-state index >= 15 is 9.59 Å². The SMILES string of the molecule is COc1cc2c(=O)n3c4cccc5cccc(nc3c3cc(OC)c6c7ccc8c9ccc%10c%11c(OC)cc%12c(=O)n%13c%14cccc%15cccc(nc%13c%13cc(OC)c(c%16ccc(c%17ccc(c1c6c23)c7c%178)c9c%10%16)c%11c%12%13)c%15%14)c54. The van der Waals surface area contributed by atoms with Gasteiger partial charge in [-0.1, -0.05) is 97.1 Å². The highest BCUT2D eigenvalue weighted by Gasteiger charge is 2.31. The monoisotopic (exact) mass is 1000 g/mol. The molecular formula is C68H36N4O6. The van der Waals surface area contributed by atoms with Crippen LogP contribution in [-0.4, -0.2) is 47.2 Å². The van der Waals surface area contributed by atoms with Crippen molar-refractivity contribution in [2.75, 3.05) is 28.4 Å². The molecule has 10 heteroatoms. The number of nitrogens with zero attached hydrogens (tertiary/aromatic N) is 4. The first-order valence-electron chi connectivity index (χ1n) is 26.0. The van der Waals surface area contributed by atoms with Crippen LogP contribution < -0.4 is 30.1 Å². The first kappa shape index (κ1) is 41.0. The minimum absolute atomic E-state index is 0.155. The van der Waals surface area contributed by atoms with Crippen molar-refractivity contribution >= 4 is 184 Å². The summed E-state index contributed by atoms with van der Waals surface area (Å²) in [6.45, 7) is 0. The summed E-state index contributed by atoms with van der Waals surface area (Å²) in [6, 6.07) is 50.3. The zero-order valence-electron chi connectivity index (χ0n) is 42.1. The zero-order valence-corrected chi connectivity index (χ0v) is 42.1. The molecule has 19 rings (SSSR count). The van der Waals surface area contributed by atoms with Gasteiger partial charge in [0.25, 0.3) is 11.1 Å². The lowest BCUT2D eigenvalue weighted by atomic mass is 9.80. The van der Waals surface area contributed by atoms with Crippen LogP contribution in [0.25, 0.3) is 184 Å². The summed E-state index contributed by atoms with van der Waals surface area (Å²) < 4.78 is 29.2. The molecule has 0 saturated heterocycles. The van der Waals surface area contributed by atoms with E-state index in [-0.39, 0.29) is 11.1 Å². The standard InChI is InChI=1S/C68H36N4O6/c1-75-47-25-39-57-41(67(73)71-45-15-7-11-29-9-5-13-43(51(29)45)69-65(39)71)27-49(77-3)61-37-23-19-33-32-18-22-36-56-38(24-20-34(54(32)56)31-17-21-35(55(37)53(31)33)59(47)63(57)61)62-50(78-4)28-42-58-40(26-48(76-2)60(36)64(58)62)66-70-44-14-6-10-30-12-8-16-46(52(30)44)72(66)68(42)74/h5-28H,1-4H3. The Labute approximate surface area is 437 Å². The van der Waals surface area contributed by atoms with Crippen molar-refractivity contribution in [2.45, 2.75) is 0 Å². The Balaban J connectivity index is 0.962. The minimum Gasteiger partial charge on any atom is -0.496 e. The van der Waals surface area contributed by atoms with Crippen molar-refractivity contribution in [3.8, 4) is 23.0 Å². The average molecular weight is 1010 g/mol. The number of benzene rings is 15. The molecule has 0 saturated carbocycles. The van der Waals surface area contributed by atoms with E-state index in [1.54, 1.807) is 37.2 Å². The Kier molecular flexibility index (Phi) is 7.12. The van der Waals surface area contributed by atoms with E-state index in [2.05, 4.69) is 84.9 Å². The summed E-state index contributed by atoms with van der Waals surface area (Å²) in [6.07, 6.45) is 0. The second-order valence-corrected chi connectivity index (χ2v) is 21.1. The molecule has 0 atom stereocenters. The number of hydrogen-bond donors (Lipinski definition) is 0. The first-order valence-corrected chi connectivity index (χ1v) is 26.0. The molecule has 4 heterocycles. The van der Waals surface area contributed by atoms with Gasteiger partial charge in [0.2, 0.25) is 0 Å². The fourth-order valence-electron chi connectivity index (χ4n) is 15.0. The van der Waals surface area contributed by atoms with Crippen molar-refractivity contribution in [3.05, 3.63) is 166 Å². The summed E-state index contributed by atoms with van der Waals surface area (Å²) in [7, 11) is 6.82. The number of ether oxygens (including phenoxy) is 4. The van der Waals surface area contributed by atoms with Gasteiger partial charge in [0, 0.05) is 64.6 Å². The Morgan fingerprint density at radius 2 is 0.590 bits per heavy atom. The third-order valence-corrected chi connectivity index (χ3v) is 18.0. The molecule has 364 valence electrons. The van der Waals surface area contributed by atoms with Crippen LogP contribution in [-0.2, 0) is 0 Å². The smallest absolute Gasteiger partial charge is 0.264 e. The van der Waals surface area contributed by atoms with Crippen molar-refractivity contribution in [2.24, 2.45) is 0 Å². The van der Waals surface area contributed by atoms with Crippen LogP contribution in [0.1, 0.15) is 0 Å². The van der Waals surface area contributed by atoms with Gasteiger partial charge in [0.15, 0.2) is 0 Å². The van der Waals surface area contributed by atoms with E-state index in [4.69, 9.17) is 28.9 Å². The van der Waals surface area contributed by atoms with Gasteiger partial charge in [0.05, 0.1) is 61.3 Å². The summed E-state index contributed by atoms with van der Waals surface area (Å²) in [5.74, 6) is 2.58. The van der Waals surface area contributed by atoms with Crippen molar-refractivity contribution < 1.29 is 18.9 Å². The molecular weight excluding hydrogens is 969 g/mol. The van der Waals surface area contributed by atoms with Crippen LogP contribution in [0.2, 0.25) is 0 Å². The average Bonchev–Trinajstić information content (AvgIpc) is 2.99. The first-order chi connectivity index (χ1) is 38.4. The molecule has 0 radical (unpaired) electrons. The van der Waals surface area contributed by atoms with Gasteiger partial charge in [-0.05, 0) is 124 Å². The molecule has 0 amide bonds. The quantitative estimate of drug-likeness (QED) is 0.127. The van der Waals surface area contributed by atoms with Crippen molar-refractivity contribution in [3.63, 3.8) is 0 Å². The Morgan fingerprint density at radius 1 is 0.295 bits per heavy atom. The molecule has 0 spiro atoms. The molecule has 15 aromatic carbocycles.